The van der Waals surface area contributed by atoms with Crippen molar-refractivity contribution in [3.8, 4) is 0 Å². The molecule has 2 heterocycles. The quantitative estimate of drug-likeness (QED) is 0.831. The number of piperidine rings is 1. The zero-order valence-electron chi connectivity index (χ0n) is 10.9. The summed E-state index contributed by atoms with van der Waals surface area (Å²) in [5.74, 6) is -1.74. The molecule has 0 aromatic carbocycles. The van der Waals surface area contributed by atoms with Gasteiger partial charge in [0.15, 0.2) is 5.41 Å². The molecule has 2 saturated heterocycles. The van der Waals surface area contributed by atoms with E-state index in [1.807, 2.05) is 7.05 Å². The van der Waals surface area contributed by atoms with Gasteiger partial charge >= 0.3 is 12.1 Å². The maximum atomic E-state index is 13.1. The number of carboxylic acids is 1. The molecule has 1 unspecified atom stereocenters. The predicted octanol–water partition coefficient (Wildman–Crippen LogP) is 1.42. The van der Waals surface area contributed by atoms with Crippen molar-refractivity contribution in [2.75, 3.05) is 33.2 Å². The van der Waals surface area contributed by atoms with Gasteiger partial charge < -0.3 is 10.0 Å². The van der Waals surface area contributed by atoms with E-state index in [4.69, 9.17) is 5.11 Å². The summed E-state index contributed by atoms with van der Waals surface area (Å²) < 4.78 is 39.2. The topological polar surface area (TPSA) is 43.8 Å². The molecule has 0 saturated carbocycles. The minimum Gasteiger partial charge on any atom is -0.481 e. The molecule has 0 amide bonds. The average molecular weight is 280 g/mol. The van der Waals surface area contributed by atoms with Crippen LogP contribution in [0.15, 0.2) is 0 Å². The van der Waals surface area contributed by atoms with Gasteiger partial charge in [-0.25, -0.2) is 0 Å². The van der Waals surface area contributed by atoms with Crippen LogP contribution in [0.2, 0.25) is 0 Å². The second-order valence-electron chi connectivity index (χ2n) is 5.64. The lowest BCUT2D eigenvalue weighted by atomic mass is 9.86. The molecule has 1 atom stereocenters. The SMILES string of the molecule is CN1CCC(N2CCC(C(=O)O)(C(F)(F)F)C2)CC1. The zero-order valence-corrected chi connectivity index (χ0v) is 10.9. The minimum absolute atomic E-state index is 0.0831. The fourth-order valence-electron chi connectivity index (χ4n) is 3.04. The molecule has 2 rings (SSSR count). The second kappa shape index (κ2) is 4.94. The van der Waals surface area contributed by atoms with Gasteiger partial charge in [-0.15, -0.1) is 0 Å². The van der Waals surface area contributed by atoms with Crippen molar-refractivity contribution in [2.45, 2.75) is 31.5 Å². The Hall–Kier alpha value is -0.820. The Morgan fingerprint density at radius 1 is 1.26 bits per heavy atom. The van der Waals surface area contributed by atoms with Crippen molar-refractivity contribution in [3.63, 3.8) is 0 Å². The maximum Gasteiger partial charge on any atom is 0.406 e. The highest BCUT2D eigenvalue weighted by Crippen LogP contribution is 2.46. The van der Waals surface area contributed by atoms with E-state index in [0.29, 0.717) is 0 Å². The number of carbonyl (C=O) groups is 1. The van der Waals surface area contributed by atoms with Crippen molar-refractivity contribution in [1.29, 1.82) is 0 Å². The van der Waals surface area contributed by atoms with Crippen molar-refractivity contribution >= 4 is 5.97 Å². The third kappa shape index (κ3) is 2.58. The highest BCUT2D eigenvalue weighted by atomic mass is 19.4. The molecule has 0 radical (unpaired) electrons. The predicted molar refractivity (Wildman–Crippen MR) is 62.8 cm³/mol. The largest absolute Gasteiger partial charge is 0.481 e. The molecule has 0 aromatic rings. The lowest BCUT2D eigenvalue weighted by Gasteiger charge is -2.36. The van der Waals surface area contributed by atoms with Crippen LogP contribution in [0.1, 0.15) is 19.3 Å². The fraction of sp³-hybridized carbons (Fsp3) is 0.917. The van der Waals surface area contributed by atoms with E-state index >= 15 is 0 Å². The molecule has 0 spiro atoms. The number of halogens is 3. The molecule has 2 aliphatic rings. The van der Waals surface area contributed by atoms with Crippen LogP contribution in [-0.4, -0.2) is 66.3 Å². The smallest absolute Gasteiger partial charge is 0.406 e. The summed E-state index contributed by atoms with van der Waals surface area (Å²) in [6, 6.07) is 0.0831. The van der Waals surface area contributed by atoms with E-state index < -0.39 is 24.1 Å². The molecule has 110 valence electrons. The van der Waals surface area contributed by atoms with Crippen LogP contribution >= 0.6 is 0 Å². The third-order valence-electron chi connectivity index (χ3n) is 4.46. The molecule has 2 aliphatic heterocycles. The average Bonchev–Trinajstić information content (AvgIpc) is 2.75. The minimum atomic E-state index is -4.68. The number of hydrogen-bond donors (Lipinski definition) is 1. The van der Waals surface area contributed by atoms with E-state index in [1.54, 1.807) is 4.90 Å². The van der Waals surface area contributed by atoms with E-state index in [9.17, 15) is 18.0 Å². The number of rotatable bonds is 2. The van der Waals surface area contributed by atoms with Gasteiger partial charge in [0, 0.05) is 12.6 Å². The van der Waals surface area contributed by atoms with E-state index in [1.165, 1.54) is 0 Å². The number of hydrogen-bond acceptors (Lipinski definition) is 3. The normalized spacial score (nSPS) is 31.8. The lowest BCUT2D eigenvalue weighted by Crippen LogP contribution is -2.49. The van der Waals surface area contributed by atoms with Crippen LogP contribution in [0, 0.1) is 5.41 Å². The molecule has 0 aliphatic carbocycles. The van der Waals surface area contributed by atoms with Gasteiger partial charge in [-0.05, 0) is 45.9 Å². The summed E-state index contributed by atoms with van der Waals surface area (Å²) in [4.78, 5) is 15.0. The Morgan fingerprint density at radius 2 is 1.84 bits per heavy atom. The van der Waals surface area contributed by atoms with Crippen molar-refractivity contribution < 1.29 is 23.1 Å². The molecular formula is C12H19F3N2O2. The number of nitrogens with zero attached hydrogens (tertiary/aromatic N) is 2. The summed E-state index contributed by atoms with van der Waals surface area (Å²) in [5, 5.41) is 9.00. The number of likely N-dealkylation sites (tertiary alicyclic amines) is 2. The number of carboxylic acid groups (broad SMARTS) is 1. The summed E-state index contributed by atoms with van der Waals surface area (Å²) in [7, 11) is 1.98. The van der Waals surface area contributed by atoms with Crippen LogP contribution in [0.25, 0.3) is 0 Å². The Kier molecular flexibility index (Phi) is 3.79. The van der Waals surface area contributed by atoms with Crippen LogP contribution in [0.4, 0.5) is 13.2 Å². The Labute approximate surface area is 110 Å². The number of alkyl halides is 3. The van der Waals surface area contributed by atoms with Gasteiger partial charge in [-0.1, -0.05) is 0 Å². The zero-order chi connectivity index (χ0) is 14.3. The Bertz CT molecular complexity index is 353. The van der Waals surface area contributed by atoms with Crippen LogP contribution in [-0.2, 0) is 4.79 Å². The standard InChI is InChI=1S/C12H19F3N2O2/c1-16-5-2-9(3-6-16)17-7-4-11(8-17,10(18)19)12(13,14)15/h9H,2-8H2,1H3,(H,18,19). The van der Waals surface area contributed by atoms with Crippen molar-refractivity contribution in [1.82, 2.24) is 9.80 Å². The molecule has 19 heavy (non-hydrogen) atoms. The molecule has 4 nitrogen and oxygen atoms in total. The van der Waals surface area contributed by atoms with Gasteiger partial charge in [0.25, 0.3) is 0 Å². The van der Waals surface area contributed by atoms with Gasteiger partial charge in [0.1, 0.15) is 0 Å². The molecule has 0 aromatic heterocycles. The fourth-order valence-corrected chi connectivity index (χ4v) is 3.04. The first kappa shape index (κ1) is 14.6. The van der Waals surface area contributed by atoms with Crippen molar-refractivity contribution in [3.05, 3.63) is 0 Å². The summed E-state index contributed by atoms with van der Waals surface area (Å²) in [6.07, 6.45) is -3.40. The van der Waals surface area contributed by atoms with Crippen molar-refractivity contribution in [2.24, 2.45) is 5.41 Å². The van der Waals surface area contributed by atoms with Crippen LogP contribution < -0.4 is 0 Å². The molecule has 2 fully saturated rings. The Balaban J connectivity index is 2.07. The maximum absolute atomic E-state index is 13.1. The Morgan fingerprint density at radius 3 is 2.26 bits per heavy atom. The summed E-state index contributed by atoms with van der Waals surface area (Å²) >= 11 is 0. The molecular weight excluding hydrogens is 261 g/mol. The molecule has 0 bridgehead atoms. The lowest BCUT2D eigenvalue weighted by molar-refractivity contribution is -0.228. The third-order valence-corrected chi connectivity index (χ3v) is 4.46. The number of aliphatic carboxylic acids is 1. The monoisotopic (exact) mass is 280 g/mol. The van der Waals surface area contributed by atoms with Gasteiger partial charge in [0.2, 0.25) is 0 Å². The highest BCUT2D eigenvalue weighted by molar-refractivity contribution is 5.76. The summed E-state index contributed by atoms with van der Waals surface area (Å²) in [6.45, 7) is 1.53. The van der Waals surface area contributed by atoms with Gasteiger partial charge in [-0.3, -0.25) is 9.69 Å². The van der Waals surface area contributed by atoms with E-state index in [2.05, 4.69) is 4.90 Å². The molecule has 1 N–H and O–H groups in total. The molecule has 7 heteroatoms. The van der Waals surface area contributed by atoms with Gasteiger partial charge in [-0.2, -0.15) is 13.2 Å². The first-order valence-electron chi connectivity index (χ1n) is 6.49. The van der Waals surface area contributed by atoms with Crippen LogP contribution in [0.3, 0.4) is 0 Å². The first-order valence-corrected chi connectivity index (χ1v) is 6.49. The van der Waals surface area contributed by atoms with E-state index in [0.717, 1.165) is 25.9 Å². The highest BCUT2D eigenvalue weighted by Gasteiger charge is 2.64. The van der Waals surface area contributed by atoms with Crippen LogP contribution in [0.5, 0.6) is 0 Å². The second-order valence-corrected chi connectivity index (χ2v) is 5.64. The first-order chi connectivity index (χ1) is 8.76. The van der Waals surface area contributed by atoms with E-state index in [-0.39, 0.29) is 19.0 Å². The summed E-state index contributed by atoms with van der Waals surface area (Å²) in [5.41, 5.74) is -2.57. The van der Waals surface area contributed by atoms with Gasteiger partial charge in [0.05, 0.1) is 0 Å².